The second kappa shape index (κ2) is 3.89. The van der Waals surface area contributed by atoms with Gasteiger partial charge in [0, 0.05) is 23.6 Å². The minimum Gasteiger partial charge on any atom is -0.490 e. The minimum absolute atomic E-state index is 0.116. The van der Waals surface area contributed by atoms with Crippen molar-refractivity contribution in [1.82, 2.24) is 4.98 Å². The number of aromatic nitrogens is 1. The summed E-state index contributed by atoms with van der Waals surface area (Å²) in [5.41, 5.74) is 0.855. The van der Waals surface area contributed by atoms with Crippen molar-refractivity contribution < 1.29 is 9.66 Å². The Labute approximate surface area is 96.0 Å². The smallest absolute Gasteiger partial charge is 0.311 e. The Morgan fingerprint density at radius 2 is 2.06 bits per heavy atom. The molecule has 0 aliphatic heterocycles. The molecule has 1 heterocycles. The molecule has 0 aliphatic carbocycles. The standard InChI is InChI=1S/C11H10N2O4/c1-6-3-11(14)12-8-5-10(17-2)9(13(15)16)4-7(6)8/h3-5H,1-2H3,(H,12,14). The van der Waals surface area contributed by atoms with Crippen LogP contribution in [-0.2, 0) is 0 Å². The molecule has 2 aromatic rings. The van der Waals surface area contributed by atoms with Crippen LogP contribution in [0.4, 0.5) is 5.69 Å². The first-order valence-corrected chi connectivity index (χ1v) is 4.89. The van der Waals surface area contributed by atoms with Gasteiger partial charge >= 0.3 is 5.69 Å². The quantitative estimate of drug-likeness (QED) is 0.633. The van der Waals surface area contributed by atoms with E-state index in [1.165, 1.54) is 25.3 Å². The molecule has 0 saturated carbocycles. The number of H-pyrrole nitrogens is 1. The van der Waals surface area contributed by atoms with Crippen LogP contribution in [-0.4, -0.2) is 17.0 Å². The molecule has 6 nitrogen and oxygen atoms in total. The monoisotopic (exact) mass is 234 g/mol. The van der Waals surface area contributed by atoms with Crippen molar-refractivity contribution >= 4 is 16.6 Å². The number of hydrogen-bond donors (Lipinski definition) is 1. The molecule has 0 saturated heterocycles. The number of methoxy groups -OCH3 is 1. The van der Waals surface area contributed by atoms with E-state index >= 15 is 0 Å². The fraction of sp³-hybridized carbons (Fsp3) is 0.182. The van der Waals surface area contributed by atoms with E-state index in [0.717, 1.165) is 0 Å². The summed E-state index contributed by atoms with van der Waals surface area (Å²) < 4.78 is 4.93. The second-order valence-corrected chi connectivity index (χ2v) is 3.64. The van der Waals surface area contributed by atoms with Crippen LogP contribution in [0.5, 0.6) is 5.75 Å². The molecule has 6 heteroatoms. The highest BCUT2D eigenvalue weighted by Gasteiger charge is 2.16. The molecule has 88 valence electrons. The van der Waals surface area contributed by atoms with Crippen molar-refractivity contribution in [3.05, 3.63) is 44.2 Å². The predicted octanol–water partition coefficient (Wildman–Crippen LogP) is 1.75. The first-order valence-electron chi connectivity index (χ1n) is 4.89. The molecule has 2 rings (SSSR count). The van der Waals surface area contributed by atoms with E-state index in [2.05, 4.69) is 4.98 Å². The van der Waals surface area contributed by atoms with Gasteiger partial charge in [-0.15, -0.1) is 0 Å². The Balaban J connectivity index is 2.87. The van der Waals surface area contributed by atoms with E-state index in [4.69, 9.17) is 4.74 Å². The van der Waals surface area contributed by atoms with E-state index in [1.54, 1.807) is 6.92 Å². The predicted molar refractivity (Wildman–Crippen MR) is 62.5 cm³/mol. The van der Waals surface area contributed by atoms with Gasteiger partial charge in [0.1, 0.15) is 0 Å². The van der Waals surface area contributed by atoms with Crippen LogP contribution in [0.25, 0.3) is 10.9 Å². The van der Waals surface area contributed by atoms with Crippen LogP contribution in [0.3, 0.4) is 0 Å². The number of nitrogens with one attached hydrogen (secondary N) is 1. The molecule has 1 N–H and O–H groups in total. The van der Waals surface area contributed by atoms with Crippen LogP contribution in [0, 0.1) is 17.0 Å². The molecule has 0 fully saturated rings. The van der Waals surface area contributed by atoms with Gasteiger partial charge in [-0.25, -0.2) is 0 Å². The van der Waals surface area contributed by atoms with Crippen molar-refractivity contribution in [2.24, 2.45) is 0 Å². The van der Waals surface area contributed by atoms with E-state index < -0.39 is 4.92 Å². The van der Waals surface area contributed by atoms with E-state index in [0.29, 0.717) is 16.5 Å². The Morgan fingerprint density at radius 1 is 1.35 bits per heavy atom. The first kappa shape index (κ1) is 11.1. The highest BCUT2D eigenvalue weighted by atomic mass is 16.6. The fourth-order valence-electron chi connectivity index (χ4n) is 1.75. The van der Waals surface area contributed by atoms with Gasteiger partial charge in [-0.2, -0.15) is 0 Å². The third-order valence-electron chi connectivity index (χ3n) is 2.55. The van der Waals surface area contributed by atoms with Crippen LogP contribution in [0.15, 0.2) is 23.0 Å². The largest absolute Gasteiger partial charge is 0.490 e. The maximum absolute atomic E-state index is 11.3. The Hall–Kier alpha value is -2.37. The summed E-state index contributed by atoms with van der Waals surface area (Å²) in [4.78, 5) is 24.3. The lowest BCUT2D eigenvalue weighted by Crippen LogP contribution is -2.05. The lowest BCUT2D eigenvalue weighted by molar-refractivity contribution is -0.385. The SMILES string of the molecule is COc1cc2[nH]c(=O)cc(C)c2cc1[N+](=O)[O-]. The zero-order valence-corrected chi connectivity index (χ0v) is 9.31. The van der Waals surface area contributed by atoms with E-state index in [1.807, 2.05) is 0 Å². The number of aromatic amines is 1. The molecule has 1 aromatic heterocycles. The van der Waals surface area contributed by atoms with E-state index in [9.17, 15) is 14.9 Å². The number of pyridine rings is 1. The highest BCUT2D eigenvalue weighted by Crippen LogP contribution is 2.31. The fourth-order valence-corrected chi connectivity index (χ4v) is 1.75. The highest BCUT2D eigenvalue weighted by molar-refractivity contribution is 5.86. The van der Waals surface area contributed by atoms with Crippen molar-refractivity contribution in [1.29, 1.82) is 0 Å². The summed E-state index contributed by atoms with van der Waals surface area (Å²) >= 11 is 0. The third-order valence-corrected chi connectivity index (χ3v) is 2.55. The number of benzene rings is 1. The Morgan fingerprint density at radius 3 is 2.65 bits per heavy atom. The van der Waals surface area contributed by atoms with E-state index in [-0.39, 0.29) is 17.0 Å². The molecule has 0 bridgehead atoms. The van der Waals surface area contributed by atoms with Gasteiger partial charge in [0.25, 0.3) is 0 Å². The number of fused-ring (bicyclic) bond motifs is 1. The van der Waals surface area contributed by atoms with Gasteiger partial charge < -0.3 is 9.72 Å². The van der Waals surface area contributed by atoms with Gasteiger partial charge in [-0.05, 0) is 12.5 Å². The number of aryl methyl sites for hydroxylation is 1. The normalized spacial score (nSPS) is 10.5. The van der Waals surface area contributed by atoms with Gasteiger partial charge in [0.05, 0.1) is 17.5 Å². The summed E-state index contributed by atoms with van der Waals surface area (Å²) in [7, 11) is 1.35. The molecule has 0 radical (unpaired) electrons. The number of rotatable bonds is 2. The molecular weight excluding hydrogens is 224 g/mol. The number of nitro benzene ring substituents is 1. The van der Waals surface area contributed by atoms with Crippen LogP contribution in [0.1, 0.15) is 5.56 Å². The molecular formula is C11H10N2O4. The summed E-state index contributed by atoms with van der Waals surface area (Å²) in [6, 6.07) is 4.26. The van der Waals surface area contributed by atoms with Crippen LogP contribution < -0.4 is 10.3 Å². The number of nitro groups is 1. The molecule has 0 amide bonds. The summed E-state index contributed by atoms with van der Waals surface area (Å²) in [5, 5.41) is 11.5. The van der Waals surface area contributed by atoms with Gasteiger partial charge in [0.2, 0.25) is 5.56 Å². The second-order valence-electron chi connectivity index (χ2n) is 3.64. The lowest BCUT2D eigenvalue weighted by Gasteiger charge is -2.05. The first-order chi connectivity index (χ1) is 8.02. The average molecular weight is 234 g/mol. The van der Waals surface area contributed by atoms with Crippen molar-refractivity contribution in [2.45, 2.75) is 6.92 Å². The zero-order chi connectivity index (χ0) is 12.6. The number of nitrogens with zero attached hydrogens (tertiary/aromatic N) is 1. The summed E-state index contributed by atoms with van der Waals surface area (Å²) in [6.07, 6.45) is 0. The molecule has 17 heavy (non-hydrogen) atoms. The molecule has 1 aromatic carbocycles. The Kier molecular flexibility index (Phi) is 2.55. The minimum atomic E-state index is -0.511. The summed E-state index contributed by atoms with van der Waals surface area (Å²) in [6.45, 7) is 1.73. The molecule has 0 aliphatic rings. The Bertz CT molecular complexity index is 660. The van der Waals surface area contributed by atoms with Gasteiger partial charge in [-0.1, -0.05) is 0 Å². The molecule has 0 spiro atoms. The third kappa shape index (κ3) is 1.84. The van der Waals surface area contributed by atoms with Crippen molar-refractivity contribution in [3.63, 3.8) is 0 Å². The topological polar surface area (TPSA) is 85.2 Å². The van der Waals surface area contributed by atoms with Crippen LogP contribution in [0.2, 0.25) is 0 Å². The maximum Gasteiger partial charge on any atom is 0.311 e. The van der Waals surface area contributed by atoms with Crippen LogP contribution >= 0.6 is 0 Å². The molecule has 0 atom stereocenters. The van der Waals surface area contributed by atoms with Crippen molar-refractivity contribution in [3.8, 4) is 5.75 Å². The van der Waals surface area contributed by atoms with Gasteiger partial charge in [-0.3, -0.25) is 14.9 Å². The summed E-state index contributed by atoms with van der Waals surface area (Å²) in [5.74, 6) is 0.128. The molecule has 0 unspecified atom stereocenters. The van der Waals surface area contributed by atoms with Gasteiger partial charge in [0.15, 0.2) is 5.75 Å². The lowest BCUT2D eigenvalue weighted by atomic mass is 10.1. The maximum atomic E-state index is 11.3. The average Bonchev–Trinajstić information content (AvgIpc) is 2.26. The van der Waals surface area contributed by atoms with Crippen molar-refractivity contribution in [2.75, 3.05) is 7.11 Å². The number of hydrogen-bond acceptors (Lipinski definition) is 4. The number of ether oxygens (including phenoxy) is 1. The zero-order valence-electron chi connectivity index (χ0n) is 9.31.